The highest BCUT2D eigenvalue weighted by molar-refractivity contribution is 4.83. The minimum absolute atomic E-state index is 0.0857. The van der Waals surface area contributed by atoms with Crippen LogP contribution >= 0.6 is 0 Å². The van der Waals surface area contributed by atoms with Crippen molar-refractivity contribution < 1.29 is 5.11 Å². The molecule has 1 saturated heterocycles. The van der Waals surface area contributed by atoms with Crippen LogP contribution in [0.25, 0.3) is 0 Å². The Morgan fingerprint density at radius 2 is 1.94 bits per heavy atom. The molecule has 0 aromatic rings. The highest BCUT2D eigenvalue weighted by atomic mass is 16.3. The highest BCUT2D eigenvalue weighted by Crippen LogP contribution is 2.21. The number of likely N-dealkylation sites (tertiary alicyclic amines) is 1. The van der Waals surface area contributed by atoms with Crippen LogP contribution in [0.2, 0.25) is 0 Å². The maximum Gasteiger partial charge on any atom is 0.0693 e. The van der Waals surface area contributed by atoms with Crippen molar-refractivity contribution in [2.45, 2.75) is 50.7 Å². The quantitative estimate of drug-likeness (QED) is 0.756. The minimum atomic E-state index is -0.0857. The Kier molecular flexibility index (Phi) is 4.62. The Labute approximate surface area is 99.2 Å². The summed E-state index contributed by atoms with van der Waals surface area (Å²) in [4.78, 5) is 2.42. The molecular formula is C13H26N2O. The van der Waals surface area contributed by atoms with Crippen molar-refractivity contribution in [2.24, 2.45) is 5.92 Å². The molecule has 2 atom stereocenters. The fourth-order valence-electron chi connectivity index (χ4n) is 3.00. The van der Waals surface area contributed by atoms with Gasteiger partial charge in [-0.15, -0.1) is 0 Å². The molecule has 2 fully saturated rings. The third kappa shape index (κ3) is 3.44. The van der Waals surface area contributed by atoms with E-state index < -0.39 is 0 Å². The van der Waals surface area contributed by atoms with Crippen LogP contribution in [0.5, 0.6) is 0 Å². The topological polar surface area (TPSA) is 35.5 Å². The Balaban J connectivity index is 1.57. The number of hydrogen-bond acceptors (Lipinski definition) is 3. The van der Waals surface area contributed by atoms with Gasteiger partial charge >= 0.3 is 0 Å². The van der Waals surface area contributed by atoms with E-state index in [2.05, 4.69) is 17.3 Å². The van der Waals surface area contributed by atoms with Crippen molar-refractivity contribution in [3.63, 3.8) is 0 Å². The normalized spacial score (nSPS) is 33.4. The van der Waals surface area contributed by atoms with Crippen molar-refractivity contribution in [3.05, 3.63) is 0 Å². The van der Waals surface area contributed by atoms with Crippen LogP contribution in [0.1, 0.15) is 38.5 Å². The smallest absolute Gasteiger partial charge is 0.0693 e. The number of piperidine rings is 1. The third-order valence-electron chi connectivity index (χ3n) is 4.28. The first-order valence-electron chi connectivity index (χ1n) is 6.85. The standard InChI is InChI=1S/C13H26N2O/c1-15-9-6-11(7-10-15)5-8-14-12-3-2-4-13(12)16/h11-14,16H,2-10H2,1H3. The van der Waals surface area contributed by atoms with Crippen LogP contribution in [0.3, 0.4) is 0 Å². The second-order valence-electron chi connectivity index (χ2n) is 5.59. The van der Waals surface area contributed by atoms with Gasteiger partial charge in [0, 0.05) is 6.04 Å². The first kappa shape index (κ1) is 12.3. The van der Waals surface area contributed by atoms with Crippen molar-refractivity contribution in [2.75, 3.05) is 26.7 Å². The molecule has 0 radical (unpaired) electrons. The molecule has 1 aliphatic heterocycles. The summed E-state index contributed by atoms with van der Waals surface area (Å²) in [6, 6.07) is 0.381. The van der Waals surface area contributed by atoms with E-state index in [1.807, 2.05) is 0 Å². The van der Waals surface area contributed by atoms with Crippen LogP contribution in [0.15, 0.2) is 0 Å². The molecule has 0 bridgehead atoms. The van der Waals surface area contributed by atoms with Gasteiger partial charge in [0.15, 0.2) is 0 Å². The average Bonchev–Trinajstić information content (AvgIpc) is 2.68. The number of rotatable bonds is 4. The number of aliphatic hydroxyl groups excluding tert-OH is 1. The van der Waals surface area contributed by atoms with E-state index >= 15 is 0 Å². The summed E-state index contributed by atoms with van der Waals surface area (Å²) in [5, 5.41) is 13.2. The number of hydrogen-bond donors (Lipinski definition) is 2. The van der Waals surface area contributed by atoms with Gasteiger partial charge in [-0.2, -0.15) is 0 Å². The zero-order chi connectivity index (χ0) is 11.4. The zero-order valence-corrected chi connectivity index (χ0v) is 10.5. The summed E-state index contributed by atoms with van der Waals surface area (Å²) in [5.74, 6) is 0.905. The molecule has 3 nitrogen and oxygen atoms in total. The Morgan fingerprint density at radius 1 is 1.19 bits per heavy atom. The van der Waals surface area contributed by atoms with Crippen molar-refractivity contribution in [1.82, 2.24) is 10.2 Å². The molecule has 1 heterocycles. The van der Waals surface area contributed by atoms with Gasteiger partial charge in [-0.3, -0.25) is 0 Å². The Bertz CT molecular complexity index is 202. The van der Waals surface area contributed by atoms with Crippen LogP contribution < -0.4 is 5.32 Å². The van der Waals surface area contributed by atoms with E-state index in [1.165, 1.54) is 38.8 Å². The van der Waals surface area contributed by atoms with Gasteiger partial charge in [-0.25, -0.2) is 0 Å². The Morgan fingerprint density at radius 3 is 2.56 bits per heavy atom. The van der Waals surface area contributed by atoms with Gasteiger partial charge < -0.3 is 15.3 Å². The summed E-state index contributed by atoms with van der Waals surface area (Å²) in [6.07, 6.45) is 7.25. The Hall–Kier alpha value is -0.120. The molecule has 1 aliphatic carbocycles. The van der Waals surface area contributed by atoms with E-state index in [4.69, 9.17) is 0 Å². The predicted octanol–water partition coefficient (Wildman–Crippen LogP) is 1.22. The molecule has 0 amide bonds. The number of aliphatic hydroxyl groups is 1. The first-order valence-corrected chi connectivity index (χ1v) is 6.85. The van der Waals surface area contributed by atoms with E-state index in [0.29, 0.717) is 6.04 Å². The molecule has 0 spiro atoms. The molecule has 2 rings (SSSR count). The molecule has 0 aromatic carbocycles. The van der Waals surface area contributed by atoms with Crippen LogP contribution in [0.4, 0.5) is 0 Å². The second kappa shape index (κ2) is 5.99. The van der Waals surface area contributed by atoms with Crippen molar-refractivity contribution in [3.8, 4) is 0 Å². The lowest BCUT2D eigenvalue weighted by molar-refractivity contribution is 0.146. The SMILES string of the molecule is CN1CCC(CCNC2CCCC2O)CC1. The van der Waals surface area contributed by atoms with Crippen LogP contribution in [-0.2, 0) is 0 Å². The molecule has 2 aliphatic rings. The molecule has 16 heavy (non-hydrogen) atoms. The fraction of sp³-hybridized carbons (Fsp3) is 1.00. The third-order valence-corrected chi connectivity index (χ3v) is 4.28. The largest absolute Gasteiger partial charge is 0.392 e. The molecule has 0 aromatic heterocycles. The van der Waals surface area contributed by atoms with Crippen molar-refractivity contribution in [1.29, 1.82) is 0 Å². The molecular weight excluding hydrogens is 200 g/mol. The summed E-state index contributed by atoms with van der Waals surface area (Å²) in [6.45, 7) is 3.61. The van der Waals surface area contributed by atoms with Gasteiger partial charge in [0.2, 0.25) is 0 Å². The fourth-order valence-corrected chi connectivity index (χ4v) is 3.00. The lowest BCUT2D eigenvalue weighted by atomic mass is 9.94. The van der Waals surface area contributed by atoms with Crippen LogP contribution in [-0.4, -0.2) is 48.8 Å². The highest BCUT2D eigenvalue weighted by Gasteiger charge is 2.24. The van der Waals surface area contributed by atoms with E-state index in [-0.39, 0.29) is 6.10 Å². The summed E-state index contributed by atoms with van der Waals surface area (Å²) in [5.41, 5.74) is 0. The summed E-state index contributed by atoms with van der Waals surface area (Å²) in [7, 11) is 2.21. The van der Waals surface area contributed by atoms with E-state index in [9.17, 15) is 5.11 Å². The second-order valence-corrected chi connectivity index (χ2v) is 5.59. The predicted molar refractivity (Wildman–Crippen MR) is 66.5 cm³/mol. The minimum Gasteiger partial charge on any atom is -0.392 e. The maximum atomic E-state index is 9.69. The van der Waals surface area contributed by atoms with Crippen molar-refractivity contribution >= 4 is 0 Å². The van der Waals surface area contributed by atoms with E-state index in [1.54, 1.807) is 0 Å². The molecule has 1 saturated carbocycles. The van der Waals surface area contributed by atoms with E-state index in [0.717, 1.165) is 25.3 Å². The lowest BCUT2D eigenvalue weighted by Gasteiger charge is -2.29. The van der Waals surface area contributed by atoms with Crippen LogP contribution in [0, 0.1) is 5.92 Å². The number of nitrogens with one attached hydrogen (secondary N) is 1. The molecule has 2 N–H and O–H groups in total. The van der Waals surface area contributed by atoms with Gasteiger partial charge in [0.1, 0.15) is 0 Å². The molecule has 94 valence electrons. The number of nitrogens with zero attached hydrogens (tertiary/aromatic N) is 1. The zero-order valence-electron chi connectivity index (χ0n) is 10.5. The van der Waals surface area contributed by atoms with Gasteiger partial charge in [-0.1, -0.05) is 0 Å². The average molecular weight is 226 g/mol. The molecule has 2 unspecified atom stereocenters. The van der Waals surface area contributed by atoms with Gasteiger partial charge in [0.25, 0.3) is 0 Å². The molecule has 3 heteroatoms. The van der Waals surface area contributed by atoms with Gasteiger partial charge in [-0.05, 0) is 71.1 Å². The monoisotopic (exact) mass is 226 g/mol. The van der Waals surface area contributed by atoms with Gasteiger partial charge in [0.05, 0.1) is 6.10 Å². The first-order chi connectivity index (χ1) is 7.75. The maximum absolute atomic E-state index is 9.69. The lowest BCUT2D eigenvalue weighted by Crippen LogP contribution is -2.38. The summed E-state index contributed by atoms with van der Waals surface area (Å²) < 4.78 is 0. The summed E-state index contributed by atoms with van der Waals surface area (Å²) >= 11 is 0.